The van der Waals surface area contributed by atoms with Gasteiger partial charge < -0.3 is 14.8 Å². The number of aliphatic imine (C=N–C) groups is 1. The third-order valence-corrected chi connectivity index (χ3v) is 4.92. The number of fused-ring (bicyclic) bond motifs is 1. The van der Waals surface area contributed by atoms with E-state index in [1.165, 1.54) is 11.8 Å². The van der Waals surface area contributed by atoms with Crippen LogP contribution in [0.5, 0.6) is 11.5 Å². The van der Waals surface area contributed by atoms with Crippen molar-refractivity contribution in [1.82, 2.24) is 5.32 Å². The normalized spacial score (nSPS) is 18.9. The lowest BCUT2D eigenvalue weighted by Gasteiger charge is -2.00. The van der Waals surface area contributed by atoms with Crippen molar-refractivity contribution < 1.29 is 14.3 Å². The molecule has 2 aromatic rings. The van der Waals surface area contributed by atoms with Crippen molar-refractivity contribution in [2.75, 3.05) is 6.79 Å². The van der Waals surface area contributed by atoms with E-state index in [1.54, 1.807) is 24.3 Å². The predicted molar refractivity (Wildman–Crippen MR) is 99.8 cm³/mol. The highest BCUT2D eigenvalue weighted by molar-refractivity contribution is 8.18. The van der Waals surface area contributed by atoms with Crippen LogP contribution < -0.4 is 14.8 Å². The molecule has 5 nitrogen and oxygen atoms in total. The van der Waals surface area contributed by atoms with Crippen LogP contribution in [0.15, 0.2) is 46.3 Å². The summed E-state index contributed by atoms with van der Waals surface area (Å²) in [5, 5.41) is 4.13. The number of thioether (sulfide) groups is 1. The summed E-state index contributed by atoms with van der Waals surface area (Å²) in [7, 11) is 0. The third kappa shape index (κ3) is 3.46. The zero-order chi connectivity index (χ0) is 17.4. The van der Waals surface area contributed by atoms with E-state index in [4.69, 9.17) is 32.7 Å². The van der Waals surface area contributed by atoms with Crippen molar-refractivity contribution >= 4 is 57.8 Å². The molecule has 8 heteroatoms. The summed E-state index contributed by atoms with van der Waals surface area (Å²) in [5.41, 5.74) is 1.38. The fourth-order valence-electron chi connectivity index (χ4n) is 2.32. The Kier molecular flexibility index (Phi) is 4.33. The molecule has 1 N–H and O–H groups in total. The zero-order valence-corrected chi connectivity index (χ0v) is 14.9. The number of amidine groups is 1. The largest absolute Gasteiger partial charge is 0.454 e. The number of ether oxygens (including phenoxy) is 2. The molecule has 2 aliphatic rings. The smallest absolute Gasteiger partial charge is 0.264 e. The van der Waals surface area contributed by atoms with Gasteiger partial charge in [-0.1, -0.05) is 29.3 Å². The Balaban J connectivity index is 1.58. The standard InChI is InChI=1S/C17H10Cl2N2O3S/c18-10-2-3-12(11(19)7-10)20-17-21-16(22)15(25-17)6-9-1-4-13-14(5-9)24-8-23-13/h1-7H,8H2,(H,20,21,22). The molecule has 2 heterocycles. The summed E-state index contributed by atoms with van der Waals surface area (Å²) in [6.45, 7) is 0.212. The Morgan fingerprint density at radius 3 is 2.80 bits per heavy atom. The van der Waals surface area contributed by atoms with E-state index in [2.05, 4.69) is 10.3 Å². The number of benzene rings is 2. The number of nitrogens with one attached hydrogen (secondary N) is 1. The molecule has 1 saturated heterocycles. The maximum atomic E-state index is 12.2. The van der Waals surface area contributed by atoms with E-state index in [-0.39, 0.29) is 12.7 Å². The molecule has 126 valence electrons. The van der Waals surface area contributed by atoms with Gasteiger partial charge in [-0.25, -0.2) is 4.99 Å². The Bertz CT molecular complexity index is 943. The minimum Gasteiger partial charge on any atom is -0.454 e. The number of carbonyl (C=O) groups excluding carboxylic acids is 1. The average Bonchev–Trinajstić information content (AvgIpc) is 3.17. The molecule has 0 aromatic heterocycles. The summed E-state index contributed by atoms with van der Waals surface area (Å²) in [6.07, 6.45) is 1.77. The molecule has 0 bridgehead atoms. The van der Waals surface area contributed by atoms with Gasteiger partial charge in [-0.05, 0) is 53.7 Å². The first kappa shape index (κ1) is 16.3. The molecule has 25 heavy (non-hydrogen) atoms. The second-order valence-corrected chi connectivity index (χ2v) is 7.06. The first-order valence-corrected chi connectivity index (χ1v) is 8.80. The SMILES string of the molecule is O=C1NC(=Nc2ccc(Cl)cc2Cl)SC1=Cc1ccc2c(c1)OCO2. The fourth-order valence-corrected chi connectivity index (χ4v) is 3.60. The van der Waals surface area contributed by atoms with Crippen LogP contribution in [-0.2, 0) is 4.79 Å². The topological polar surface area (TPSA) is 59.9 Å². The van der Waals surface area contributed by atoms with Crippen LogP contribution in [0.25, 0.3) is 6.08 Å². The molecular weight excluding hydrogens is 383 g/mol. The summed E-state index contributed by atoms with van der Waals surface area (Å²) in [6, 6.07) is 10.5. The molecule has 0 saturated carbocycles. The van der Waals surface area contributed by atoms with E-state index in [0.717, 1.165) is 5.56 Å². The van der Waals surface area contributed by atoms with Gasteiger partial charge in [0.1, 0.15) is 0 Å². The molecule has 2 aliphatic heterocycles. The van der Waals surface area contributed by atoms with Gasteiger partial charge in [0.2, 0.25) is 6.79 Å². The number of amides is 1. The monoisotopic (exact) mass is 392 g/mol. The van der Waals surface area contributed by atoms with Gasteiger partial charge in [-0.15, -0.1) is 0 Å². The average molecular weight is 393 g/mol. The lowest BCUT2D eigenvalue weighted by Crippen LogP contribution is -2.19. The minimum atomic E-state index is -0.216. The second kappa shape index (κ2) is 6.63. The van der Waals surface area contributed by atoms with E-state index < -0.39 is 0 Å². The van der Waals surface area contributed by atoms with Gasteiger partial charge in [-0.2, -0.15) is 0 Å². The zero-order valence-electron chi connectivity index (χ0n) is 12.6. The van der Waals surface area contributed by atoms with E-state index in [9.17, 15) is 4.79 Å². The number of nitrogens with zero attached hydrogens (tertiary/aromatic N) is 1. The number of hydrogen-bond acceptors (Lipinski definition) is 5. The molecule has 1 fully saturated rings. The van der Waals surface area contributed by atoms with Crippen LogP contribution in [0.4, 0.5) is 5.69 Å². The summed E-state index contributed by atoms with van der Waals surface area (Å²) < 4.78 is 10.6. The molecule has 0 aliphatic carbocycles. The maximum absolute atomic E-state index is 12.2. The third-order valence-electron chi connectivity index (χ3n) is 3.48. The Morgan fingerprint density at radius 2 is 1.96 bits per heavy atom. The number of rotatable bonds is 2. The first-order valence-electron chi connectivity index (χ1n) is 7.23. The highest BCUT2D eigenvalue weighted by Gasteiger charge is 2.24. The summed E-state index contributed by atoms with van der Waals surface area (Å²) >= 11 is 13.2. The van der Waals surface area contributed by atoms with Gasteiger partial charge in [0.05, 0.1) is 15.6 Å². The van der Waals surface area contributed by atoms with Crippen LogP contribution >= 0.6 is 35.0 Å². The van der Waals surface area contributed by atoms with E-state index >= 15 is 0 Å². The van der Waals surface area contributed by atoms with Crippen molar-refractivity contribution in [3.63, 3.8) is 0 Å². The lowest BCUT2D eigenvalue weighted by atomic mass is 10.2. The molecule has 0 spiro atoms. The van der Waals surface area contributed by atoms with Gasteiger partial charge in [0.25, 0.3) is 5.91 Å². The van der Waals surface area contributed by atoms with Crippen LogP contribution in [0.3, 0.4) is 0 Å². The van der Waals surface area contributed by atoms with Crippen molar-refractivity contribution in [2.45, 2.75) is 0 Å². The number of hydrogen-bond donors (Lipinski definition) is 1. The van der Waals surface area contributed by atoms with Crippen molar-refractivity contribution in [3.05, 3.63) is 56.9 Å². The Morgan fingerprint density at radius 1 is 1.12 bits per heavy atom. The van der Waals surface area contributed by atoms with Gasteiger partial charge >= 0.3 is 0 Å². The van der Waals surface area contributed by atoms with E-state index in [1.807, 2.05) is 18.2 Å². The molecule has 4 rings (SSSR count). The fraction of sp³-hybridized carbons (Fsp3) is 0.0588. The molecule has 2 aromatic carbocycles. The van der Waals surface area contributed by atoms with Crippen molar-refractivity contribution in [1.29, 1.82) is 0 Å². The summed E-state index contributed by atoms with van der Waals surface area (Å²) in [4.78, 5) is 17.1. The summed E-state index contributed by atoms with van der Waals surface area (Å²) in [5.74, 6) is 1.15. The first-order chi connectivity index (χ1) is 12.1. The lowest BCUT2D eigenvalue weighted by molar-refractivity contribution is -0.115. The Labute approximate surface area is 157 Å². The molecule has 0 atom stereocenters. The quantitative estimate of drug-likeness (QED) is 0.757. The van der Waals surface area contributed by atoms with Crippen LogP contribution in [0.1, 0.15) is 5.56 Å². The van der Waals surface area contributed by atoms with Crippen LogP contribution in [-0.4, -0.2) is 17.9 Å². The minimum absolute atomic E-state index is 0.212. The van der Waals surface area contributed by atoms with Crippen molar-refractivity contribution in [3.8, 4) is 11.5 Å². The van der Waals surface area contributed by atoms with E-state index in [0.29, 0.717) is 37.3 Å². The van der Waals surface area contributed by atoms with Crippen LogP contribution in [0, 0.1) is 0 Å². The highest BCUT2D eigenvalue weighted by atomic mass is 35.5. The highest BCUT2D eigenvalue weighted by Crippen LogP contribution is 2.35. The maximum Gasteiger partial charge on any atom is 0.264 e. The van der Waals surface area contributed by atoms with Gasteiger partial charge in [-0.3, -0.25) is 4.79 Å². The van der Waals surface area contributed by atoms with Gasteiger partial charge in [0, 0.05) is 5.02 Å². The van der Waals surface area contributed by atoms with Gasteiger partial charge in [0.15, 0.2) is 16.7 Å². The number of halogens is 2. The Hall–Kier alpha value is -2.15. The number of carbonyl (C=O) groups is 1. The molecule has 1 amide bonds. The molecule has 0 unspecified atom stereocenters. The predicted octanol–water partition coefficient (Wildman–Crippen LogP) is 4.61. The molecule has 0 radical (unpaired) electrons. The van der Waals surface area contributed by atoms with Crippen LogP contribution in [0.2, 0.25) is 10.0 Å². The molecular formula is C17H10Cl2N2O3S. The van der Waals surface area contributed by atoms with Crippen molar-refractivity contribution in [2.24, 2.45) is 4.99 Å². The second-order valence-electron chi connectivity index (χ2n) is 5.19.